The zero-order chi connectivity index (χ0) is 18.7. The van der Waals surface area contributed by atoms with Crippen LogP contribution in [0.5, 0.6) is 5.75 Å². The van der Waals surface area contributed by atoms with Crippen LogP contribution in [0.4, 0.5) is 0 Å². The molecule has 0 amide bonds. The van der Waals surface area contributed by atoms with E-state index in [1.54, 1.807) is 17.4 Å². The van der Waals surface area contributed by atoms with E-state index < -0.39 is 0 Å². The quantitative estimate of drug-likeness (QED) is 0.309. The number of hydrogen-bond donors (Lipinski definition) is 1. The maximum Gasteiger partial charge on any atom is 0.116 e. The first-order valence-corrected chi connectivity index (χ1v) is 10.0. The van der Waals surface area contributed by atoms with Crippen LogP contribution in [-0.4, -0.2) is 10.1 Å². The molecule has 0 atom stereocenters. The first kappa shape index (κ1) is 15.6. The third kappa shape index (κ3) is 2.23. The number of hydrogen-bond acceptors (Lipinski definition) is 3. The minimum absolute atomic E-state index is 0.296. The van der Waals surface area contributed by atoms with Crippen LogP contribution in [0.25, 0.3) is 53.1 Å². The second kappa shape index (κ2) is 5.78. The van der Waals surface area contributed by atoms with Crippen molar-refractivity contribution in [3.63, 3.8) is 0 Å². The predicted octanol–water partition coefficient (Wildman–Crippen LogP) is 7.13. The van der Waals surface area contributed by atoms with Crippen molar-refractivity contribution >= 4 is 53.9 Å². The van der Waals surface area contributed by atoms with Crippen LogP contribution in [0.3, 0.4) is 0 Å². The SMILES string of the molecule is Oc1ccc2c(c1)c1ccccc1c1cc(-c3ccc4ccccc4n3)sc21. The lowest BCUT2D eigenvalue weighted by atomic mass is 9.98. The Bertz CT molecular complexity index is 1530. The molecule has 2 heterocycles. The summed E-state index contributed by atoms with van der Waals surface area (Å²) in [6.07, 6.45) is 0. The van der Waals surface area contributed by atoms with Gasteiger partial charge in [-0.3, -0.25) is 0 Å². The highest BCUT2D eigenvalue weighted by atomic mass is 32.1. The van der Waals surface area contributed by atoms with Crippen molar-refractivity contribution in [2.45, 2.75) is 0 Å². The number of phenolic OH excluding ortho intramolecular Hbond substituents is 1. The summed E-state index contributed by atoms with van der Waals surface area (Å²) in [4.78, 5) is 6.04. The summed E-state index contributed by atoms with van der Waals surface area (Å²) < 4.78 is 1.23. The maximum absolute atomic E-state index is 10.0. The molecule has 0 spiro atoms. The Labute approximate surface area is 165 Å². The van der Waals surface area contributed by atoms with E-state index >= 15 is 0 Å². The molecule has 0 bridgehead atoms. The van der Waals surface area contributed by atoms with Crippen molar-refractivity contribution in [3.8, 4) is 16.3 Å². The highest BCUT2D eigenvalue weighted by Gasteiger charge is 2.14. The Kier molecular flexibility index (Phi) is 3.22. The summed E-state index contributed by atoms with van der Waals surface area (Å²) in [6.45, 7) is 0. The molecule has 0 fully saturated rings. The molecule has 2 aromatic heterocycles. The molecule has 3 heteroatoms. The Balaban J connectivity index is 1.71. The Morgan fingerprint density at radius 1 is 0.643 bits per heavy atom. The standard InChI is InChI=1S/C25H15NOS/c27-16-10-11-19-20(13-16)17-6-2-3-7-18(17)21-14-24(28-25(19)21)23-12-9-15-5-1-4-8-22(15)26-23/h1-14,27H. The first-order chi connectivity index (χ1) is 13.8. The molecule has 6 aromatic rings. The number of fused-ring (bicyclic) bond motifs is 7. The number of benzene rings is 4. The van der Waals surface area contributed by atoms with E-state index in [0.717, 1.165) is 32.2 Å². The van der Waals surface area contributed by atoms with E-state index in [0.29, 0.717) is 5.75 Å². The van der Waals surface area contributed by atoms with Crippen molar-refractivity contribution in [3.05, 3.63) is 84.9 Å². The van der Waals surface area contributed by atoms with Gasteiger partial charge in [-0.2, -0.15) is 0 Å². The van der Waals surface area contributed by atoms with Gasteiger partial charge in [-0.25, -0.2) is 4.98 Å². The number of aromatic hydroxyl groups is 1. The van der Waals surface area contributed by atoms with E-state index in [4.69, 9.17) is 4.98 Å². The normalized spacial score (nSPS) is 11.7. The van der Waals surface area contributed by atoms with Crippen molar-refractivity contribution in [1.29, 1.82) is 0 Å². The van der Waals surface area contributed by atoms with Gasteiger partial charge in [0.15, 0.2) is 0 Å². The lowest BCUT2D eigenvalue weighted by Crippen LogP contribution is -1.82. The largest absolute Gasteiger partial charge is 0.508 e. The molecule has 0 unspecified atom stereocenters. The van der Waals surface area contributed by atoms with Gasteiger partial charge < -0.3 is 5.11 Å². The topological polar surface area (TPSA) is 33.1 Å². The molecule has 2 nitrogen and oxygen atoms in total. The molecule has 1 N–H and O–H groups in total. The van der Waals surface area contributed by atoms with Crippen LogP contribution < -0.4 is 0 Å². The molecule has 132 valence electrons. The first-order valence-electron chi connectivity index (χ1n) is 9.21. The highest BCUT2D eigenvalue weighted by molar-refractivity contribution is 7.23. The van der Waals surface area contributed by atoms with E-state index in [1.165, 1.54) is 20.9 Å². The van der Waals surface area contributed by atoms with E-state index in [-0.39, 0.29) is 0 Å². The van der Waals surface area contributed by atoms with Gasteiger partial charge in [0.25, 0.3) is 0 Å². The third-order valence-electron chi connectivity index (χ3n) is 5.34. The second-order valence-corrected chi connectivity index (χ2v) is 8.07. The lowest BCUT2D eigenvalue weighted by Gasteiger charge is -2.07. The molecule has 6 rings (SSSR count). The number of thiophene rings is 1. The van der Waals surface area contributed by atoms with Gasteiger partial charge >= 0.3 is 0 Å². The summed E-state index contributed by atoms with van der Waals surface area (Å²) in [5, 5.41) is 17.1. The maximum atomic E-state index is 10.0. The van der Waals surface area contributed by atoms with Gasteiger partial charge in [-0.1, -0.05) is 48.5 Å². The summed E-state index contributed by atoms with van der Waals surface area (Å²) in [5.74, 6) is 0.296. The lowest BCUT2D eigenvalue weighted by molar-refractivity contribution is 0.476. The second-order valence-electron chi connectivity index (χ2n) is 7.02. The third-order valence-corrected chi connectivity index (χ3v) is 6.53. The molecule has 28 heavy (non-hydrogen) atoms. The summed E-state index contributed by atoms with van der Waals surface area (Å²) in [7, 11) is 0. The van der Waals surface area contributed by atoms with Crippen molar-refractivity contribution in [1.82, 2.24) is 4.98 Å². The smallest absolute Gasteiger partial charge is 0.116 e. The minimum Gasteiger partial charge on any atom is -0.508 e. The number of pyridine rings is 1. The minimum atomic E-state index is 0.296. The van der Waals surface area contributed by atoms with Gasteiger partial charge in [0, 0.05) is 20.9 Å². The zero-order valence-electron chi connectivity index (χ0n) is 14.9. The van der Waals surface area contributed by atoms with Crippen LogP contribution in [0.2, 0.25) is 0 Å². The van der Waals surface area contributed by atoms with E-state index in [1.807, 2.05) is 24.3 Å². The zero-order valence-corrected chi connectivity index (χ0v) is 15.7. The number of nitrogens with zero attached hydrogens (tertiary/aromatic N) is 1. The number of aromatic nitrogens is 1. The average Bonchev–Trinajstić information content (AvgIpc) is 3.19. The number of para-hydroxylation sites is 1. The average molecular weight is 377 g/mol. The van der Waals surface area contributed by atoms with Crippen LogP contribution >= 0.6 is 11.3 Å². The van der Waals surface area contributed by atoms with E-state index in [2.05, 4.69) is 54.6 Å². The molecule has 0 aliphatic heterocycles. The molecule has 4 aromatic carbocycles. The van der Waals surface area contributed by atoms with Crippen molar-refractivity contribution in [2.24, 2.45) is 0 Å². The fraction of sp³-hybridized carbons (Fsp3) is 0. The summed E-state index contributed by atoms with van der Waals surface area (Å²) in [5.41, 5.74) is 2.01. The number of rotatable bonds is 1. The van der Waals surface area contributed by atoms with E-state index in [9.17, 15) is 5.11 Å². The molecule has 0 aliphatic carbocycles. The van der Waals surface area contributed by atoms with Gasteiger partial charge in [-0.05, 0) is 52.6 Å². The van der Waals surface area contributed by atoms with Crippen LogP contribution in [0.1, 0.15) is 0 Å². The van der Waals surface area contributed by atoms with Crippen molar-refractivity contribution < 1.29 is 5.11 Å². The monoisotopic (exact) mass is 377 g/mol. The summed E-state index contributed by atoms with van der Waals surface area (Å²) >= 11 is 1.76. The fourth-order valence-corrected chi connectivity index (χ4v) is 5.21. The Morgan fingerprint density at radius 3 is 2.32 bits per heavy atom. The van der Waals surface area contributed by atoms with Gasteiger partial charge in [0.1, 0.15) is 5.75 Å². The summed E-state index contributed by atoms with van der Waals surface area (Å²) in [6, 6.07) is 28.8. The van der Waals surface area contributed by atoms with Crippen LogP contribution in [-0.2, 0) is 0 Å². The molecular formula is C25H15NOS. The van der Waals surface area contributed by atoms with Gasteiger partial charge in [-0.15, -0.1) is 11.3 Å². The Morgan fingerprint density at radius 2 is 1.43 bits per heavy atom. The van der Waals surface area contributed by atoms with Gasteiger partial charge in [0.2, 0.25) is 0 Å². The fourth-order valence-electron chi connectivity index (χ4n) is 4.03. The van der Waals surface area contributed by atoms with Crippen LogP contribution in [0.15, 0.2) is 84.9 Å². The Hall–Kier alpha value is -3.43. The van der Waals surface area contributed by atoms with Gasteiger partial charge in [0.05, 0.1) is 16.1 Å². The number of phenols is 1. The predicted molar refractivity (Wildman–Crippen MR) is 119 cm³/mol. The molecule has 0 aliphatic rings. The molecular weight excluding hydrogens is 362 g/mol. The highest BCUT2D eigenvalue weighted by Crippen LogP contribution is 2.43. The van der Waals surface area contributed by atoms with Crippen molar-refractivity contribution in [2.75, 3.05) is 0 Å². The van der Waals surface area contributed by atoms with Crippen LogP contribution in [0, 0.1) is 0 Å². The molecule has 0 radical (unpaired) electrons. The molecule has 0 saturated heterocycles. The molecule has 0 saturated carbocycles.